The lowest BCUT2D eigenvalue weighted by atomic mass is 10.1. The monoisotopic (exact) mass is 955 g/mol. The number of carbonyl (C=O) groups is 12. The lowest BCUT2D eigenvalue weighted by molar-refractivity contribution is -0.158. The third-order valence-corrected chi connectivity index (χ3v) is 9.92. The van der Waals surface area contributed by atoms with Crippen LogP contribution in [0.2, 0.25) is 0 Å². The summed E-state index contributed by atoms with van der Waals surface area (Å²) in [6.45, 7) is 6.17. The minimum Gasteiger partial charge on any atom is -0.480 e. The predicted octanol–water partition coefficient (Wildman–Crippen LogP) is -2.65. The van der Waals surface area contributed by atoms with Gasteiger partial charge < -0.3 is 64.0 Å². The molecule has 0 aromatic heterocycles. The van der Waals surface area contributed by atoms with Gasteiger partial charge in [-0.25, -0.2) is 9.59 Å². The first-order chi connectivity index (χ1) is 30.6. The average Bonchev–Trinajstić information content (AvgIpc) is 3.69. The molecule has 0 radical (unpaired) electrons. The van der Waals surface area contributed by atoms with Crippen molar-refractivity contribution in [1.29, 1.82) is 0 Å². The molecule has 0 saturated carbocycles. The Balaban J connectivity index is 2.69. The average molecular weight is 955 g/mol. The highest BCUT2D eigenvalue weighted by Crippen LogP contribution is 2.20. The normalized spacial score (nSPS) is 13.8. The lowest BCUT2D eigenvalue weighted by Crippen LogP contribution is -2.54. The standard InChI is InChI=1S/C42H70N10O15/c1-41(2,3)66-37(61)18-27(38(62)52-17-15-16-28(52)39(63)64)43-29(53)19-44(7)30(54)20-45(8)31(55)21-46(9)32(56)22-47(10)33(57)23-48(11)34(58)24-49(12)35(59)25-50(13)36(60)26-51(14)40(65)67-42(4,5)6/h27-28H,15-26H2,1-14H3,(H,43,53)(H,63,64)/t27-,28-/m0/s1. The summed E-state index contributed by atoms with van der Waals surface area (Å²) in [6.07, 6.45) is -0.721. The largest absolute Gasteiger partial charge is 0.480 e. The summed E-state index contributed by atoms with van der Waals surface area (Å²) in [7, 11) is 10.5. The Hall–Kier alpha value is -6.56. The van der Waals surface area contributed by atoms with Gasteiger partial charge in [0, 0.05) is 62.9 Å². The maximum Gasteiger partial charge on any atom is 0.410 e. The molecule has 2 N–H and O–H groups in total. The van der Waals surface area contributed by atoms with Crippen molar-refractivity contribution in [3.05, 3.63) is 0 Å². The Morgan fingerprint density at radius 2 is 0.836 bits per heavy atom. The minimum absolute atomic E-state index is 0.0997. The number of esters is 1. The minimum atomic E-state index is -1.49. The van der Waals surface area contributed by atoms with Crippen molar-refractivity contribution in [1.82, 2.24) is 49.4 Å². The Morgan fingerprint density at radius 3 is 1.15 bits per heavy atom. The molecule has 1 aliphatic heterocycles. The summed E-state index contributed by atoms with van der Waals surface area (Å²) in [6, 6.07) is -2.63. The van der Waals surface area contributed by atoms with Gasteiger partial charge in [-0.2, -0.15) is 0 Å². The molecule has 0 spiro atoms. The van der Waals surface area contributed by atoms with Crippen molar-refractivity contribution < 1.29 is 72.1 Å². The van der Waals surface area contributed by atoms with E-state index < -0.39 is 147 Å². The molecule has 0 aliphatic carbocycles. The molecule has 378 valence electrons. The first-order valence-electron chi connectivity index (χ1n) is 21.3. The van der Waals surface area contributed by atoms with Gasteiger partial charge in [0.05, 0.1) is 52.2 Å². The molecule has 25 heteroatoms. The van der Waals surface area contributed by atoms with E-state index >= 15 is 0 Å². The van der Waals surface area contributed by atoms with Gasteiger partial charge in [-0.1, -0.05) is 0 Å². The zero-order valence-corrected chi connectivity index (χ0v) is 41.3. The Labute approximate surface area is 391 Å². The van der Waals surface area contributed by atoms with Gasteiger partial charge in [-0.15, -0.1) is 0 Å². The van der Waals surface area contributed by atoms with Crippen molar-refractivity contribution >= 4 is 71.2 Å². The van der Waals surface area contributed by atoms with Gasteiger partial charge in [0.15, 0.2) is 0 Å². The van der Waals surface area contributed by atoms with E-state index in [9.17, 15) is 62.6 Å². The van der Waals surface area contributed by atoms with Crippen molar-refractivity contribution in [3.63, 3.8) is 0 Å². The van der Waals surface area contributed by atoms with Gasteiger partial charge in [0.25, 0.3) is 0 Å². The Bertz CT molecular complexity index is 1880. The van der Waals surface area contributed by atoms with Crippen LogP contribution in [0.4, 0.5) is 4.79 Å². The molecular weight excluding hydrogens is 885 g/mol. The summed E-state index contributed by atoms with van der Waals surface area (Å²) in [4.78, 5) is 163. The molecule has 25 nitrogen and oxygen atoms in total. The van der Waals surface area contributed by atoms with Gasteiger partial charge in [0.1, 0.15) is 29.8 Å². The summed E-state index contributed by atoms with van der Waals surface area (Å²) in [5, 5.41) is 12.0. The molecule has 1 saturated heterocycles. The number of nitrogens with zero attached hydrogens (tertiary/aromatic N) is 9. The second-order valence-corrected chi connectivity index (χ2v) is 18.5. The van der Waals surface area contributed by atoms with Gasteiger partial charge in [0.2, 0.25) is 53.2 Å². The highest BCUT2D eigenvalue weighted by atomic mass is 16.6. The van der Waals surface area contributed by atoms with Crippen molar-refractivity contribution in [2.24, 2.45) is 0 Å². The van der Waals surface area contributed by atoms with Crippen molar-refractivity contribution in [2.45, 2.75) is 84.1 Å². The first kappa shape index (κ1) is 58.5. The zero-order valence-electron chi connectivity index (χ0n) is 41.3. The maximum atomic E-state index is 13.4. The molecule has 10 amide bonds. The van der Waals surface area contributed by atoms with E-state index in [0.29, 0.717) is 6.42 Å². The smallest absolute Gasteiger partial charge is 0.410 e. The molecule has 67 heavy (non-hydrogen) atoms. The molecule has 0 aromatic rings. The van der Waals surface area contributed by atoms with Crippen molar-refractivity contribution in [2.75, 3.05) is 115 Å². The SMILES string of the molecule is CN(CC(=O)N[C@@H](CC(=O)OC(C)(C)C)C(=O)N1CCC[C@H]1C(=O)O)C(=O)CN(C)C(=O)CN(C)C(=O)CN(C)C(=O)CN(C)C(=O)CN(C)C(=O)CN(C)C(=O)CN(C)C(=O)OC(C)(C)C. The van der Waals surface area contributed by atoms with E-state index in [2.05, 4.69) is 5.32 Å². The van der Waals surface area contributed by atoms with Crippen LogP contribution in [0.15, 0.2) is 0 Å². The van der Waals surface area contributed by atoms with Crippen LogP contribution in [-0.4, -0.2) is 259 Å². The lowest BCUT2D eigenvalue weighted by Gasteiger charge is -2.29. The molecule has 0 unspecified atom stereocenters. The number of likely N-dealkylation sites (N-methyl/N-ethyl adjacent to an activating group) is 8. The fourth-order valence-corrected chi connectivity index (χ4v) is 5.98. The Kier molecular flexibility index (Phi) is 22.1. The highest BCUT2D eigenvalue weighted by molar-refractivity contribution is 5.96. The molecule has 1 rings (SSSR count). The number of carbonyl (C=O) groups excluding carboxylic acids is 11. The van der Waals surface area contributed by atoms with E-state index in [0.717, 1.165) is 44.1 Å². The number of carboxylic acids is 1. The van der Waals surface area contributed by atoms with Gasteiger partial charge in [-0.3, -0.25) is 47.9 Å². The summed E-state index contributed by atoms with van der Waals surface area (Å²) in [5.74, 6) is -8.16. The first-order valence-corrected chi connectivity index (χ1v) is 21.3. The Morgan fingerprint density at radius 1 is 0.522 bits per heavy atom. The number of rotatable bonds is 21. The molecular formula is C42H70N10O15. The van der Waals surface area contributed by atoms with E-state index in [1.54, 1.807) is 41.5 Å². The van der Waals surface area contributed by atoms with Crippen LogP contribution in [0, 0.1) is 0 Å². The van der Waals surface area contributed by atoms with Gasteiger partial charge in [-0.05, 0) is 54.4 Å². The summed E-state index contributed by atoms with van der Waals surface area (Å²) in [5.41, 5.74) is -1.68. The second kappa shape index (κ2) is 25.4. The van der Waals surface area contributed by atoms with Crippen LogP contribution in [0.3, 0.4) is 0 Å². The number of aliphatic carboxylic acids is 1. The number of ether oxygens (including phenoxy) is 2. The number of carboxylic acid groups (broad SMARTS) is 1. The molecule has 0 aromatic carbocycles. The quantitative estimate of drug-likeness (QED) is 0.111. The van der Waals surface area contributed by atoms with Crippen LogP contribution < -0.4 is 5.32 Å². The maximum absolute atomic E-state index is 13.4. The number of amides is 10. The molecule has 1 heterocycles. The third kappa shape index (κ3) is 20.7. The second-order valence-electron chi connectivity index (χ2n) is 18.5. The highest BCUT2D eigenvalue weighted by Gasteiger charge is 2.39. The molecule has 1 fully saturated rings. The predicted molar refractivity (Wildman–Crippen MR) is 237 cm³/mol. The van der Waals surface area contributed by atoms with E-state index in [1.165, 1.54) is 56.4 Å². The van der Waals surface area contributed by atoms with Gasteiger partial charge >= 0.3 is 18.0 Å². The molecule has 0 bridgehead atoms. The van der Waals surface area contributed by atoms with E-state index in [1.807, 2.05) is 0 Å². The van der Waals surface area contributed by atoms with E-state index in [4.69, 9.17) is 9.47 Å². The van der Waals surface area contributed by atoms with Crippen LogP contribution in [0.5, 0.6) is 0 Å². The number of nitrogens with one attached hydrogen (secondary N) is 1. The van der Waals surface area contributed by atoms with E-state index in [-0.39, 0.29) is 19.5 Å². The van der Waals surface area contributed by atoms with Crippen molar-refractivity contribution in [3.8, 4) is 0 Å². The zero-order chi connectivity index (χ0) is 51.9. The number of hydrogen-bond donors (Lipinski definition) is 2. The summed E-state index contributed by atoms with van der Waals surface area (Å²) < 4.78 is 10.5. The van der Waals surface area contributed by atoms with Crippen LogP contribution in [-0.2, 0) is 62.2 Å². The van der Waals surface area contributed by atoms with Crippen LogP contribution in [0.25, 0.3) is 0 Å². The van der Waals surface area contributed by atoms with Crippen LogP contribution >= 0.6 is 0 Å². The topological polar surface area (TPSA) is 285 Å². The fourth-order valence-electron chi connectivity index (χ4n) is 5.98. The number of likely N-dealkylation sites (tertiary alicyclic amines) is 1. The number of hydrogen-bond acceptors (Lipinski definition) is 14. The molecule has 2 atom stereocenters. The van der Waals surface area contributed by atoms with Crippen LogP contribution in [0.1, 0.15) is 60.8 Å². The summed E-state index contributed by atoms with van der Waals surface area (Å²) >= 11 is 0. The molecule has 1 aliphatic rings. The fraction of sp³-hybridized carbons (Fsp3) is 0.714. The third-order valence-electron chi connectivity index (χ3n) is 9.92.